The van der Waals surface area contributed by atoms with E-state index in [1.54, 1.807) is 0 Å². The first kappa shape index (κ1) is 21.6. The van der Waals surface area contributed by atoms with E-state index in [1.165, 1.54) is 11.1 Å². The highest BCUT2D eigenvalue weighted by atomic mass is 35.5. The number of carbonyl (C=O) groups excluding carboxylic acids is 1. The molecule has 3 nitrogen and oxygen atoms in total. The summed E-state index contributed by atoms with van der Waals surface area (Å²) in [7, 11) is 0. The quantitative estimate of drug-likeness (QED) is 0.493. The van der Waals surface area contributed by atoms with E-state index in [0.29, 0.717) is 0 Å². The van der Waals surface area contributed by atoms with Gasteiger partial charge in [0.15, 0.2) is 0 Å². The Kier molecular flexibility index (Phi) is 7.06. The maximum absolute atomic E-state index is 13.3. The van der Waals surface area contributed by atoms with Crippen LogP contribution in [0.1, 0.15) is 42.0 Å². The fraction of sp³-hybridized carbons (Fsp3) is 0.296. The van der Waals surface area contributed by atoms with Gasteiger partial charge in [-0.25, -0.2) is 0 Å². The molecule has 2 unspecified atom stereocenters. The van der Waals surface area contributed by atoms with Crippen LogP contribution in [0.2, 0.25) is 5.02 Å². The number of rotatable bonds is 6. The number of piperazine rings is 1. The third-order valence-corrected chi connectivity index (χ3v) is 6.45. The molecule has 1 fully saturated rings. The fourth-order valence-corrected chi connectivity index (χ4v) is 4.68. The minimum absolute atomic E-state index is 0.0612. The third-order valence-electron chi connectivity index (χ3n) is 6.20. The monoisotopic (exact) mass is 432 g/mol. The maximum Gasteiger partial charge on any atom is 0.230 e. The average Bonchev–Trinajstić information content (AvgIpc) is 2.83. The van der Waals surface area contributed by atoms with Crippen LogP contribution in [-0.2, 0) is 4.79 Å². The van der Waals surface area contributed by atoms with E-state index < -0.39 is 0 Å². The topological polar surface area (TPSA) is 23.6 Å². The largest absolute Gasteiger partial charge is 0.340 e. The Hall–Kier alpha value is -2.62. The van der Waals surface area contributed by atoms with Crippen molar-refractivity contribution in [3.05, 3.63) is 107 Å². The molecule has 31 heavy (non-hydrogen) atoms. The van der Waals surface area contributed by atoms with Gasteiger partial charge in [-0.05, 0) is 35.2 Å². The Balaban J connectivity index is 1.50. The zero-order valence-electron chi connectivity index (χ0n) is 18.0. The van der Waals surface area contributed by atoms with Gasteiger partial charge in [0.1, 0.15) is 0 Å². The summed E-state index contributed by atoms with van der Waals surface area (Å²) in [6.07, 6.45) is 0.820. The Morgan fingerprint density at radius 1 is 0.774 bits per heavy atom. The van der Waals surface area contributed by atoms with Gasteiger partial charge in [0.2, 0.25) is 5.91 Å². The minimum atomic E-state index is -0.0612. The van der Waals surface area contributed by atoms with Crippen molar-refractivity contribution in [3.8, 4) is 0 Å². The minimum Gasteiger partial charge on any atom is -0.340 e. The number of nitrogens with zero attached hydrogens (tertiary/aromatic N) is 2. The highest BCUT2D eigenvalue weighted by Gasteiger charge is 2.31. The van der Waals surface area contributed by atoms with Crippen LogP contribution in [0.25, 0.3) is 0 Å². The molecule has 4 rings (SSSR count). The van der Waals surface area contributed by atoms with Crippen LogP contribution >= 0.6 is 11.6 Å². The molecule has 0 saturated carbocycles. The molecule has 4 heteroatoms. The maximum atomic E-state index is 13.3. The molecule has 0 aliphatic carbocycles. The van der Waals surface area contributed by atoms with Crippen molar-refractivity contribution < 1.29 is 4.79 Å². The van der Waals surface area contributed by atoms with Crippen molar-refractivity contribution in [1.82, 2.24) is 9.80 Å². The van der Waals surface area contributed by atoms with Gasteiger partial charge in [-0.3, -0.25) is 9.69 Å². The second kappa shape index (κ2) is 10.1. The molecule has 3 aromatic rings. The lowest BCUT2D eigenvalue weighted by Crippen LogP contribution is -2.51. The van der Waals surface area contributed by atoms with Gasteiger partial charge < -0.3 is 4.90 Å². The van der Waals surface area contributed by atoms with Crippen molar-refractivity contribution in [2.45, 2.75) is 25.3 Å². The molecule has 0 N–H and O–H groups in total. The summed E-state index contributed by atoms with van der Waals surface area (Å²) >= 11 is 6.14. The first-order valence-corrected chi connectivity index (χ1v) is 11.4. The van der Waals surface area contributed by atoms with Crippen molar-refractivity contribution in [2.24, 2.45) is 0 Å². The Bertz CT molecular complexity index is 967. The fourth-order valence-electron chi connectivity index (χ4n) is 4.55. The van der Waals surface area contributed by atoms with E-state index in [4.69, 9.17) is 11.6 Å². The lowest BCUT2D eigenvalue weighted by Gasteiger charge is -2.40. The molecule has 1 aliphatic rings. The molecule has 160 valence electrons. The number of hydrogen-bond donors (Lipinski definition) is 0. The highest BCUT2D eigenvalue weighted by molar-refractivity contribution is 6.30. The first-order chi connectivity index (χ1) is 15.2. The number of halogens is 1. The van der Waals surface area contributed by atoms with E-state index in [0.717, 1.165) is 43.2 Å². The summed E-state index contributed by atoms with van der Waals surface area (Å²) in [5.41, 5.74) is 3.60. The van der Waals surface area contributed by atoms with E-state index in [9.17, 15) is 4.79 Å². The zero-order chi connectivity index (χ0) is 21.6. The normalized spacial score (nSPS) is 16.6. The van der Waals surface area contributed by atoms with Crippen LogP contribution < -0.4 is 0 Å². The van der Waals surface area contributed by atoms with Crippen molar-refractivity contribution in [3.63, 3.8) is 0 Å². The highest BCUT2D eigenvalue weighted by Crippen LogP contribution is 2.31. The van der Waals surface area contributed by atoms with E-state index in [-0.39, 0.29) is 17.9 Å². The summed E-state index contributed by atoms with van der Waals surface area (Å²) < 4.78 is 0. The van der Waals surface area contributed by atoms with Gasteiger partial charge >= 0.3 is 0 Å². The van der Waals surface area contributed by atoms with Crippen LogP contribution in [0.3, 0.4) is 0 Å². The lowest BCUT2D eigenvalue weighted by molar-refractivity contribution is -0.134. The number of benzene rings is 3. The molecule has 1 amide bonds. The molecule has 0 bridgehead atoms. The van der Waals surface area contributed by atoms with Gasteiger partial charge in [-0.2, -0.15) is 0 Å². The standard InChI is InChI=1S/C27H29ClN2O/c1-2-25(21-9-5-3-6-10-21)27(31)30-19-17-29(18-20-30)26(22-11-7-4-8-12-22)23-13-15-24(28)16-14-23/h3-16,25-26H,2,17-20H2,1H3. The smallest absolute Gasteiger partial charge is 0.230 e. The predicted octanol–water partition coefficient (Wildman–Crippen LogP) is 5.77. The van der Waals surface area contributed by atoms with Crippen LogP contribution in [-0.4, -0.2) is 41.9 Å². The van der Waals surface area contributed by atoms with Crippen molar-refractivity contribution in [2.75, 3.05) is 26.2 Å². The van der Waals surface area contributed by atoms with Crippen LogP contribution in [0.5, 0.6) is 0 Å². The molecule has 1 aliphatic heterocycles. The molecule has 0 spiro atoms. The van der Waals surface area contributed by atoms with Crippen LogP contribution in [0.15, 0.2) is 84.9 Å². The Morgan fingerprint density at radius 3 is 1.84 bits per heavy atom. The van der Waals surface area contributed by atoms with Crippen molar-refractivity contribution in [1.29, 1.82) is 0 Å². The van der Waals surface area contributed by atoms with E-state index in [1.807, 2.05) is 41.3 Å². The first-order valence-electron chi connectivity index (χ1n) is 11.1. The van der Waals surface area contributed by atoms with Crippen LogP contribution in [0, 0.1) is 0 Å². The van der Waals surface area contributed by atoms with E-state index >= 15 is 0 Å². The SMILES string of the molecule is CCC(C(=O)N1CCN(C(c2ccccc2)c2ccc(Cl)cc2)CC1)c1ccccc1. The second-order valence-electron chi connectivity index (χ2n) is 8.10. The zero-order valence-corrected chi connectivity index (χ0v) is 18.7. The molecule has 0 radical (unpaired) electrons. The lowest BCUT2D eigenvalue weighted by atomic mass is 9.94. The van der Waals surface area contributed by atoms with Gasteiger partial charge in [0, 0.05) is 31.2 Å². The number of hydrogen-bond acceptors (Lipinski definition) is 2. The summed E-state index contributed by atoms with van der Waals surface area (Å²) in [6.45, 7) is 5.29. The number of carbonyl (C=O) groups is 1. The predicted molar refractivity (Wildman–Crippen MR) is 127 cm³/mol. The third kappa shape index (κ3) is 5.00. The molecule has 1 heterocycles. The summed E-state index contributed by atoms with van der Waals surface area (Å²) in [4.78, 5) is 17.8. The molecule has 3 aromatic carbocycles. The second-order valence-corrected chi connectivity index (χ2v) is 8.53. The summed E-state index contributed by atoms with van der Waals surface area (Å²) in [5.74, 6) is 0.185. The molecule has 2 atom stereocenters. The summed E-state index contributed by atoms with van der Waals surface area (Å²) in [6, 6.07) is 29.0. The average molecular weight is 433 g/mol. The molecular weight excluding hydrogens is 404 g/mol. The van der Waals surface area contributed by atoms with Gasteiger partial charge in [-0.1, -0.05) is 91.3 Å². The van der Waals surface area contributed by atoms with Gasteiger partial charge in [0.05, 0.1) is 12.0 Å². The molecule has 0 aromatic heterocycles. The Labute approximate surface area is 190 Å². The summed E-state index contributed by atoms with van der Waals surface area (Å²) in [5, 5.41) is 0.748. The molecule has 1 saturated heterocycles. The molecular formula is C27H29ClN2O. The Morgan fingerprint density at radius 2 is 1.29 bits per heavy atom. The van der Waals surface area contributed by atoms with Gasteiger partial charge in [0.25, 0.3) is 0 Å². The van der Waals surface area contributed by atoms with Gasteiger partial charge in [-0.15, -0.1) is 0 Å². The van der Waals surface area contributed by atoms with Crippen LogP contribution in [0.4, 0.5) is 0 Å². The van der Waals surface area contributed by atoms with Crippen molar-refractivity contribution >= 4 is 17.5 Å². The van der Waals surface area contributed by atoms with E-state index in [2.05, 4.69) is 60.4 Å². The number of amides is 1.